The summed E-state index contributed by atoms with van der Waals surface area (Å²) in [6, 6.07) is 13.6. The first kappa shape index (κ1) is 27.3. The van der Waals surface area contributed by atoms with Crippen LogP contribution in [0.25, 0.3) is 22.5 Å². The number of benzene rings is 1. The Morgan fingerprint density at radius 2 is 1.91 bits per heavy atom. The molecule has 218 valence electrons. The van der Waals surface area contributed by atoms with Crippen LogP contribution in [0.1, 0.15) is 64.8 Å². The van der Waals surface area contributed by atoms with Crippen molar-refractivity contribution in [2.75, 3.05) is 31.6 Å². The van der Waals surface area contributed by atoms with Crippen LogP contribution >= 0.6 is 0 Å². The van der Waals surface area contributed by atoms with Crippen molar-refractivity contribution in [2.24, 2.45) is 7.05 Å². The minimum Gasteiger partial charge on any atom is -0.379 e. The molecule has 0 spiro atoms. The van der Waals surface area contributed by atoms with Crippen molar-refractivity contribution in [1.29, 1.82) is 5.26 Å². The largest absolute Gasteiger partial charge is 0.379 e. The third-order valence-electron chi connectivity index (χ3n) is 8.40. The zero-order chi connectivity index (χ0) is 29.5. The summed E-state index contributed by atoms with van der Waals surface area (Å²) in [7, 11) is 1.92. The zero-order valence-electron chi connectivity index (χ0n) is 24.1. The number of carbonyl (C=O) groups excluding carboxylic acids is 1. The van der Waals surface area contributed by atoms with Crippen LogP contribution in [-0.4, -0.2) is 56.2 Å². The molecule has 4 heterocycles. The number of aryl methyl sites for hydroxylation is 1. The maximum absolute atomic E-state index is 13.8. The smallest absolute Gasteiger partial charge is 0.263 e. The first-order valence-electron chi connectivity index (χ1n) is 14.9. The summed E-state index contributed by atoms with van der Waals surface area (Å²) >= 11 is 0. The number of nitrogens with zero attached hydrogens (tertiary/aromatic N) is 6. The number of amides is 1. The summed E-state index contributed by atoms with van der Waals surface area (Å²) in [6.45, 7) is 3.66. The predicted molar refractivity (Wildman–Crippen MR) is 162 cm³/mol. The highest BCUT2D eigenvalue weighted by molar-refractivity contribution is 6.04. The number of nitrogens with one attached hydrogen (secondary N) is 1. The number of ether oxygens (including phenoxy) is 1. The van der Waals surface area contributed by atoms with E-state index in [0.29, 0.717) is 37.1 Å². The number of anilines is 1. The fourth-order valence-electron chi connectivity index (χ4n) is 5.77. The SMILES string of the molecule is Cn1ccnc1-c1cc(C#N)ccc1-c1cc(NC(=O)c2cc(CN3CCOCC3)cn(C3CC3)c2=O)nc(C2CC2)c1. The second kappa shape index (κ2) is 11.2. The van der Waals surface area contributed by atoms with Crippen molar-refractivity contribution in [3.8, 4) is 28.6 Å². The highest BCUT2D eigenvalue weighted by Gasteiger charge is 2.29. The first-order valence-corrected chi connectivity index (χ1v) is 14.9. The van der Waals surface area contributed by atoms with Gasteiger partial charge in [0.15, 0.2) is 0 Å². The molecule has 3 aliphatic rings. The maximum atomic E-state index is 13.8. The molecule has 1 aromatic carbocycles. The monoisotopic (exact) mass is 575 g/mol. The van der Waals surface area contributed by atoms with Gasteiger partial charge in [-0.3, -0.25) is 14.5 Å². The molecule has 7 rings (SSSR count). The van der Waals surface area contributed by atoms with Crippen LogP contribution < -0.4 is 10.9 Å². The maximum Gasteiger partial charge on any atom is 0.263 e. The number of carbonyl (C=O) groups is 1. The van der Waals surface area contributed by atoms with E-state index in [1.165, 1.54) is 0 Å². The van der Waals surface area contributed by atoms with E-state index in [2.05, 4.69) is 27.3 Å². The summed E-state index contributed by atoms with van der Waals surface area (Å²) in [5.74, 6) is 1.00. The summed E-state index contributed by atoms with van der Waals surface area (Å²) < 4.78 is 9.14. The van der Waals surface area contributed by atoms with Gasteiger partial charge < -0.3 is 19.2 Å². The molecule has 2 saturated carbocycles. The van der Waals surface area contributed by atoms with Crippen LogP contribution in [-0.2, 0) is 18.3 Å². The normalized spacial score (nSPS) is 17.0. The quantitative estimate of drug-likeness (QED) is 0.329. The molecular formula is C33H33N7O3. The molecule has 43 heavy (non-hydrogen) atoms. The van der Waals surface area contributed by atoms with Crippen LogP contribution in [0.15, 0.2) is 59.8 Å². The molecule has 4 aromatic rings. The standard InChI is InChI=1S/C33H33N7O3/c1-38-9-8-35-31(38)27-14-21(18-34)2-7-26(27)24-16-29(23-3-4-23)36-30(17-24)37-32(41)28-15-22(19-39-10-12-43-13-11-39)20-40(33(28)42)25-5-6-25/h2,7-9,14-17,20,23,25H,3-6,10-13,19H2,1H3,(H,36,37,41). The van der Waals surface area contributed by atoms with E-state index in [-0.39, 0.29) is 17.2 Å². The molecule has 0 radical (unpaired) electrons. The molecule has 10 nitrogen and oxygen atoms in total. The third kappa shape index (κ3) is 5.74. The van der Waals surface area contributed by atoms with Crippen LogP contribution in [0.2, 0.25) is 0 Å². The van der Waals surface area contributed by atoms with E-state index in [1.807, 2.05) is 42.2 Å². The molecule has 0 atom stereocenters. The van der Waals surface area contributed by atoms with Gasteiger partial charge in [0.2, 0.25) is 0 Å². The molecule has 2 aliphatic carbocycles. The molecule has 1 aliphatic heterocycles. The van der Waals surface area contributed by atoms with E-state index in [0.717, 1.165) is 72.5 Å². The average molecular weight is 576 g/mol. The molecule has 1 N–H and O–H groups in total. The highest BCUT2D eigenvalue weighted by Crippen LogP contribution is 2.42. The minimum absolute atomic E-state index is 0.130. The molecule has 0 bridgehead atoms. The lowest BCUT2D eigenvalue weighted by molar-refractivity contribution is 0.0341. The summed E-state index contributed by atoms with van der Waals surface area (Å²) in [5.41, 5.74) is 4.81. The molecule has 10 heteroatoms. The Balaban J connectivity index is 1.25. The van der Waals surface area contributed by atoms with Crippen molar-refractivity contribution in [3.05, 3.63) is 87.7 Å². The van der Waals surface area contributed by atoms with Crippen molar-refractivity contribution < 1.29 is 9.53 Å². The molecule has 1 saturated heterocycles. The Bertz CT molecular complexity index is 1800. The van der Waals surface area contributed by atoms with E-state index >= 15 is 0 Å². The van der Waals surface area contributed by atoms with Crippen molar-refractivity contribution >= 4 is 11.7 Å². The fraction of sp³-hybridized carbons (Fsp3) is 0.364. The zero-order valence-corrected chi connectivity index (χ0v) is 24.1. The lowest BCUT2D eigenvalue weighted by Gasteiger charge is -2.27. The predicted octanol–water partition coefficient (Wildman–Crippen LogP) is 4.48. The van der Waals surface area contributed by atoms with Crippen molar-refractivity contribution in [2.45, 2.75) is 44.2 Å². The van der Waals surface area contributed by atoms with E-state index < -0.39 is 5.91 Å². The number of hydrogen-bond acceptors (Lipinski definition) is 7. The second-order valence-electron chi connectivity index (χ2n) is 11.7. The highest BCUT2D eigenvalue weighted by atomic mass is 16.5. The Hall–Kier alpha value is -4.59. The van der Waals surface area contributed by atoms with E-state index in [1.54, 1.807) is 22.9 Å². The number of nitriles is 1. The van der Waals surface area contributed by atoms with Gasteiger partial charge in [0.1, 0.15) is 17.2 Å². The topological polar surface area (TPSA) is 118 Å². The fourth-order valence-corrected chi connectivity index (χ4v) is 5.77. The average Bonchev–Trinajstić information content (AvgIpc) is 3.96. The molecular weight excluding hydrogens is 542 g/mol. The van der Waals surface area contributed by atoms with Crippen LogP contribution in [0.4, 0.5) is 5.82 Å². The van der Waals surface area contributed by atoms with Crippen LogP contribution in [0, 0.1) is 11.3 Å². The van der Waals surface area contributed by atoms with Gasteiger partial charge in [0, 0.05) is 68.5 Å². The lowest BCUT2D eigenvalue weighted by atomic mass is 9.96. The van der Waals surface area contributed by atoms with Gasteiger partial charge in [-0.25, -0.2) is 9.97 Å². The second-order valence-corrected chi connectivity index (χ2v) is 11.7. The number of hydrogen-bond donors (Lipinski definition) is 1. The van der Waals surface area contributed by atoms with E-state index in [4.69, 9.17) is 9.72 Å². The number of morpholine rings is 1. The van der Waals surface area contributed by atoms with Crippen molar-refractivity contribution in [3.63, 3.8) is 0 Å². The summed E-state index contributed by atoms with van der Waals surface area (Å²) in [4.78, 5) is 38.9. The molecule has 3 fully saturated rings. The van der Waals surface area contributed by atoms with Gasteiger partial charge in [-0.2, -0.15) is 5.26 Å². The summed E-state index contributed by atoms with van der Waals surface area (Å²) in [6.07, 6.45) is 9.48. The Kier molecular flexibility index (Phi) is 7.13. The van der Waals surface area contributed by atoms with Gasteiger partial charge in [-0.1, -0.05) is 6.07 Å². The summed E-state index contributed by atoms with van der Waals surface area (Å²) in [5, 5.41) is 12.6. The van der Waals surface area contributed by atoms with Gasteiger partial charge in [0.05, 0.1) is 24.8 Å². The minimum atomic E-state index is -0.459. The number of aromatic nitrogens is 4. The van der Waals surface area contributed by atoms with Crippen molar-refractivity contribution in [1.82, 2.24) is 24.0 Å². The Morgan fingerprint density at radius 1 is 1.09 bits per heavy atom. The first-order chi connectivity index (χ1) is 21.0. The van der Waals surface area contributed by atoms with Gasteiger partial charge in [-0.15, -0.1) is 0 Å². The number of imidazole rings is 1. The molecule has 0 unspecified atom stereocenters. The molecule has 3 aromatic heterocycles. The van der Waals surface area contributed by atoms with E-state index in [9.17, 15) is 14.9 Å². The number of pyridine rings is 2. The van der Waals surface area contributed by atoms with Gasteiger partial charge in [-0.05, 0) is 72.7 Å². The Morgan fingerprint density at radius 3 is 2.60 bits per heavy atom. The van der Waals surface area contributed by atoms with Crippen LogP contribution in [0.3, 0.4) is 0 Å². The van der Waals surface area contributed by atoms with Crippen LogP contribution in [0.5, 0.6) is 0 Å². The number of rotatable bonds is 8. The lowest BCUT2D eigenvalue weighted by Crippen LogP contribution is -2.36. The van der Waals surface area contributed by atoms with Gasteiger partial charge in [0.25, 0.3) is 11.5 Å². The third-order valence-corrected chi connectivity index (χ3v) is 8.40. The Labute approximate surface area is 249 Å². The van der Waals surface area contributed by atoms with Gasteiger partial charge >= 0.3 is 0 Å². The molecule has 1 amide bonds.